The van der Waals surface area contributed by atoms with Crippen molar-refractivity contribution in [2.24, 2.45) is 11.8 Å². The number of methoxy groups -OCH3 is 4. The van der Waals surface area contributed by atoms with Gasteiger partial charge in [0.05, 0.1) is 53.7 Å². The molecule has 1 saturated heterocycles. The van der Waals surface area contributed by atoms with Gasteiger partial charge in [-0.05, 0) is 41.0 Å². The van der Waals surface area contributed by atoms with Crippen molar-refractivity contribution in [3.05, 3.63) is 41.0 Å². The number of aliphatic hydroxyl groups excluding tert-OH is 1. The molecule has 1 unspecified atom stereocenters. The van der Waals surface area contributed by atoms with Crippen LogP contribution in [0.5, 0.6) is 28.7 Å². The molecule has 3 aliphatic rings. The van der Waals surface area contributed by atoms with E-state index in [2.05, 4.69) is 0 Å². The highest BCUT2D eigenvalue weighted by Gasteiger charge is 2.52. The Kier molecular flexibility index (Phi) is 5.91. The Balaban J connectivity index is 1.70. The molecule has 5 rings (SSSR count). The summed E-state index contributed by atoms with van der Waals surface area (Å²) in [4.78, 5) is 12.2. The molecule has 0 amide bonds. The first-order valence-corrected chi connectivity index (χ1v) is 11.1. The molecule has 2 aromatic carbocycles. The molecule has 0 aromatic heterocycles. The second-order valence-corrected chi connectivity index (χ2v) is 8.61. The number of fused-ring (bicyclic) bond motifs is 3. The Hall–Kier alpha value is -3.17. The topological polar surface area (TPSA) is 102 Å². The van der Waals surface area contributed by atoms with E-state index in [-0.39, 0.29) is 36.9 Å². The SMILES string of the molecule is COC(=O)CC1OC[C@H]2[C@H]1[C@H](c1cc(OC)c(OC)c(OC)c1)c1cc3c(cc1[C@@H]2O)OCO3. The predicted molar refractivity (Wildman–Crippen MR) is 119 cm³/mol. The average Bonchev–Trinajstić information content (AvgIpc) is 3.49. The largest absolute Gasteiger partial charge is 0.493 e. The molecule has 2 heterocycles. The van der Waals surface area contributed by atoms with E-state index in [1.807, 2.05) is 24.3 Å². The summed E-state index contributed by atoms with van der Waals surface area (Å²) >= 11 is 0. The van der Waals surface area contributed by atoms with Gasteiger partial charge in [0.15, 0.2) is 23.0 Å². The maximum atomic E-state index is 12.2. The number of esters is 1. The van der Waals surface area contributed by atoms with Gasteiger partial charge in [-0.1, -0.05) is 0 Å². The minimum absolute atomic E-state index is 0.0885. The number of aliphatic hydroxyl groups is 1. The summed E-state index contributed by atoms with van der Waals surface area (Å²) in [6.45, 7) is 0.451. The molecule has 0 bridgehead atoms. The van der Waals surface area contributed by atoms with E-state index in [1.165, 1.54) is 7.11 Å². The Morgan fingerprint density at radius 1 is 0.971 bits per heavy atom. The van der Waals surface area contributed by atoms with E-state index in [0.717, 1.165) is 16.7 Å². The van der Waals surface area contributed by atoms with Gasteiger partial charge < -0.3 is 38.3 Å². The van der Waals surface area contributed by atoms with Crippen LogP contribution < -0.4 is 23.7 Å². The average molecular weight is 472 g/mol. The second-order valence-electron chi connectivity index (χ2n) is 8.61. The Bertz CT molecular complexity index is 1070. The third kappa shape index (κ3) is 3.50. The van der Waals surface area contributed by atoms with Crippen LogP contribution in [0.1, 0.15) is 35.1 Å². The number of carbonyl (C=O) groups is 1. The maximum absolute atomic E-state index is 12.2. The predicted octanol–water partition coefficient (Wildman–Crippen LogP) is 2.81. The molecular formula is C25H28O9. The lowest BCUT2D eigenvalue weighted by atomic mass is 9.64. The molecule has 1 N–H and O–H groups in total. The molecule has 0 radical (unpaired) electrons. The fraction of sp³-hybridized carbons (Fsp3) is 0.480. The fourth-order valence-corrected chi connectivity index (χ4v) is 5.56. The molecule has 9 heteroatoms. The maximum Gasteiger partial charge on any atom is 0.308 e. The van der Waals surface area contributed by atoms with Gasteiger partial charge in [-0.3, -0.25) is 4.79 Å². The summed E-state index contributed by atoms with van der Waals surface area (Å²) in [5, 5.41) is 11.4. The van der Waals surface area contributed by atoms with Gasteiger partial charge in [-0.15, -0.1) is 0 Å². The number of rotatable bonds is 6. The quantitative estimate of drug-likeness (QED) is 0.636. The lowest BCUT2D eigenvalue weighted by Crippen LogP contribution is -2.37. The molecule has 1 aliphatic carbocycles. The molecule has 2 aromatic rings. The van der Waals surface area contributed by atoms with Gasteiger partial charge in [0.1, 0.15) is 0 Å². The minimum Gasteiger partial charge on any atom is -0.493 e. The lowest BCUT2D eigenvalue weighted by Gasteiger charge is -2.40. The third-order valence-corrected chi connectivity index (χ3v) is 7.09. The molecule has 34 heavy (non-hydrogen) atoms. The van der Waals surface area contributed by atoms with E-state index < -0.39 is 12.2 Å². The van der Waals surface area contributed by atoms with Crippen molar-refractivity contribution in [3.63, 3.8) is 0 Å². The number of hydrogen-bond donors (Lipinski definition) is 1. The van der Waals surface area contributed by atoms with Crippen LogP contribution in [0.15, 0.2) is 24.3 Å². The van der Waals surface area contributed by atoms with Gasteiger partial charge in [-0.25, -0.2) is 0 Å². The number of benzene rings is 2. The van der Waals surface area contributed by atoms with Crippen LogP contribution in [0.4, 0.5) is 0 Å². The van der Waals surface area contributed by atoms with Crippen molar-refractivity contribution < 1.29 is 43.1 Å². The lowest BCUT2D eigenvalue weighted by molar-refractivity contribution is -0.143. The molecule has 5 atom stereocenters. The van der Waals surface area contributed by atoms with Gasteiger partial charge in [0, 0.05) is 17.8 Å². The molecule has 182 valence electrons. The van der Waals surface area contributed by atoms with Crippen LogP contribution in [-0.2, 0) is 14.3 Å². The highest BCUT2D eigenvalue weighted by atomic mass is 16.7. The van der Waals surface area contributed by atoms with Crippen LogP contribution in [0, 0.1) is 11.8 Å². The van der Waals surface area contributed by atoms with Crippen LogP contribution in [0.2, 0.25) is 0 Å². The Morgan fingerprint density at radius 2 is 1.62 bits per heavy atom. The van der Waals surface area contributed by atoms with Crippen LogP contribution >= 0.6 is 0 Å². The fourth-order valence-electron chi connectivity index (χ4n) is 5.56. The number of hydrogen-bond acceptors (Lipinski definition) is 9. The molecule has 1 fully saturated rings. The second kappa shape index (κ2) is 8.88. The zero-order chi connectivity index (χ0) is 24.0. The van der Waals surface area contributed by atoms with Crippen molar-refractivity contribution in [3.8, 4) is 28.7 Å². The normalized spacial score (nSPS) is 26.4. The van der Waals surface area contributed by atoms with Crippen molar-refractivity contribution in [1.29, 1.82) is 0 Å². The van der Waals surface area contributed by atoms with Gasteiger partial charge >= 0.3 is 5.97 Å². The van der Waals surface area contributed by atoms with Gasteiger partial charge in [0.2, 0.25) is 12.5 Å². The minimum atomic E-state index is -0.782. The molecule has 0 spiro atoms. The monoisotopic (exact) mass is 472 g/mol. The zero-order valence-corrected chi connectivity index (χ0v) is 19.5. The smallest absolute Gasteiger partial charge is 0.308 e. The summed E-state index contributed by atoms with van der Waals surface area (Å²) in [6, 6.07) is 7.57. The van der Waals surface area contributed by atoms with Crippen LogP contribution in [0.3, 0.4) is 0 Å². The summed E-state index contributed by atoms with van der Waals surface area (Å²) in [6.07, 6.45) is -1.13. The molecule has 2 aliphatic heterocycles. The third-order valence-electron chi connectivity index (χ3n) is 7.09. The van der Waals surface area contributed by atoms with Gasteiger partial charge in [0.25, 0.3) is 0 Å². The highest BCUT2D eigenvalue weighted by Crippen LogP contribution is 2.57. The van der Waals surface area contributed by atoms with Crippen molar-refractivity contribution >= 4 is 5.97 Å². The summed E-state index contributed by atoms with van der Waals surface area (Å²) in [7, 11) is 6.05. The molecule has 0 saturated carbocycles. The van der Waals surface area contributed by atoms with E-state index in [9.17, 15) is 9.90 Å². The van der Waals surface area contributed by atoms with E-state index >= 15 is 0 Å². The molecular weight excluding hydrogens is 444 g/mol. The van der Waals surface area contributed by atoms with Crippen LogP contribution in [-0.4, -0.2) is 59.0 Å². The first-order valence-electron chi connectivity index (χ1n) is 11.1. The Labute approximate surface area is 197 Å². The van der Waals surface area contributed by atoms with Crippen LogP contribution in [0.25, 0.3) is 0 Å². The number of carbonyl (C=O) groups excluding carboxylic acids is 1. The molecule has 9 nitrogen and oxygen atoms in total. The zero-order valence-electron chi connectivity index (χ0n) is 19.5. The summed E-state index contributed by atoms with van der Waals surface area (Å²) < 4.78 is 38.9. The van der Waals surface area contributed by atoms with Crippen molar-refractivity contribution in [1.82, 2.24) is 0 Å². The van der Waals surface area contributed by atoms with E-state index in [4.69, 9.17) is 33.2 Å². The van der Waals surface area contributed by atoms with Gasteiger partial charge in [-0.2, -0.15) is 0 Å². The summed E-state index contributed by atoms with van der Waals surface area (Å²) in [5.41, 5.74) is 2.52. The highest BCUT2D eigenvalue weighted by molar-refractivity contribution is 5.70. The van der Waals surface area contributed by atoms with E-state index in [1.54, 1.807) is 21.3 Å². The Morgan fingerprint density at radius 3 is 2.21 bits per heavy atom. The summed E-state index contributed by atoms with van der Waals surface area (Å²) in [5.74, 6) is 1.70. The standard InChI is InChI=1S/C25H28O9/c1-28-19-5-12(6-20(29-2)25(19)31-4)22-13-7-16-17(34-11-33-16)8-14(13)24(27)15-10-32-18(23(15)22)9-21(26)30-3/h5-8,15,18,22-24,27H,9-11H2,1-4H3/t15-,18?,22+,23+,24-/m0/s1. The first kappa shape index (κ1) is 22.6. The first-order chi connectivity index (χ1) is 16.5. The van der Waals surface area contributed by atoms with Crippen molar-refractivity contribution in [2.75, 3.05) is 41.8 Å². The van der Waals surface area contributed by atoms with Crippen molar-refractivity contribution in [2.45, 2.75) is 24.5 Å². The van der Waals surface area contributed by atoms with E-state index in [0.29, 0.717) is 35.4 Å². The number of ether oxygens (including phenoxy) is 7.